The zero-order valence-electron chi connectivity index (χ0n) is 13.9. The fourth-order valence-electron chi connectivity index (χ4n) is 2.22. The Morgan fingerprint density at radius 2 is 2.12 bits per heavy atom. The number of morpholine rings is 1. The summed E-state index contributed by atoms with van der Waals surface area (Å²) in [4.78, 5) is 17.9. The van der Waals surface area contributed by atoms with E-state index in [0.717, 1.165) is 0 Å². The molecule has 1 saturated heterocycles. The molecule has 0 spiro atoms. The number of carbonyl (C=O) groups excluding carboxylic acids is 1. The summed E-state index contributed by atoms with van der Waals surface area (Å²) in [6.07, 6.45) is -4.80. The molecule has 2 N–H and O–H groups in total. The number of aromatic nitrogens is 3. The topological polar surface area (TPSA) is 83.1 Å². The number of halogens is 3. The fraction of sp³-hybridized carbons (Fsp3) is 0.786. The smallest absolute Gasteiger partial charge is 0.367 e. The Labute approximate surface area is 138 Å². The van der Waals surface area contributed by atoms with E-state index in [0.29, 0.717) is 24.8 Å². The van der Waals surface area contributed by atoms with Crippen LogP contribution < -0.4 is 5.32 Å². The van der Waals surface area contributed by atoms with Crippen LogP contribution in [-0.2, 0) is 14.9 Å². The summed E-state index contributed by atoms with van der Waals surface area (Å²) in [5.41, 5.74) is -0.222. The van der Waals surface area contributed by atoms with Crippen molar-refractivity contribution in [2.24, 2.45) is 0 Å². The molecule has 2 rings (SSSR count). The van der Waals surface area contributed by atoms with Crippen molar-refractivity contribution in [1.82, 2.24) is 25.4 Å². The van der Waals surface area contributed by atoms with E-state index in [9.17, 15) is 18.0 Å². The minimum atomic E-state index is -4.34. The minimum Gasteiger partial charge on any atom is -0.367 e. The molecule has 10 heteroatoms. The summed E-state index contributed by atoms with van der Waals surface area (Å²) >= 11 is 0. The number of nitrogens with zero attached hydrogens (tertiary/aromatic N) is 3. The second-order valence-corrected chi connectivity index (χ2v) is 6.71. The molecule has 2 heterocycles. The second-order valence-electron chi connectivity index (χ2n) is 6.71. The van der Waals surface area contributed by atoms with E-state index in [1.54, 1.807) is 0 Å². The highest BCUT2D eigenvalue weighted by Crippen LogP contribution is 2.23. The normalized spacial score (nSPS) is 19.6. The summed E-state index contributed by atoms with van der Waals surface area (Å²) < 4.78 is 41.9. The van der Waals surface area contributed by atoms with Gasteiger partial charge in [0.25, 0.3) is 0 Å². The molecule has 1 amide bonds. The van der Waals surface area contributed by atoms with E-state index in [1.807, 2.05) is 20.8 Å². The van der Waals surface area contributed by atoms with Gasteiger partial charge in [0.2, 0.25) is 5.91 Å². The van der Waals surface area contributed by atoms with Gasteiger partial charge in [0.15, 0.2) is 11.6 Å². The third-order valence-corrected chi connectivity index (χ3v) is 3.50. The summed E-state index contributed by atoms with van der Waals surface area (Å²) in [5, 5.41) is 9.08. The van der Waals surface area contributed by atoms with Crippen LogP contribution in [0.3, 0.4) is 0 Å². The van der Waals surface area contributed by atoms with Gasteiger partial charge < -0.3 is 15.0 Å². The van der Waals surface area contributed by atoms with Crippen LogP contribution in [0.2, 0.25) is 0 Å². The first-order valence-electron chi connectivity index (χ1n) is 7.66. The Kier molecular flexibility index (Phi) is 5.49. The maximum absolute atomic E-state index is 12.1. The van der Waals surface area contributed by atoms with E-state index in [4.69, 9.17) is 4.74 Å². The molecule has 24 heavy (non-hydrogen) atoms. The monoisotopic (exact) mass is 349 g/mol. The Balaban J connectivity index is 1.91. The van der Waals surface area contributed by atoms with Crippen LogP contribution in [0.5, 0.6) is 0 Å². The van der Waals surface area contributed by atoms with Gasteiger partial charge in [0, 0.05) is 12.0 Å². The maximum Gasteiger partial charge on any atom is 0.401 e. The lowest BCUT2D eigenvalue weighted by Crippen LogP contribution is -2.47. The van der Waals surface area contributed by atoms with Gasteiger partial charge in [-0.25, -0.2) is 4.98 Å². The third-order valence-electron chi connectivity index (χ3n) is 3.50. The Bertz CT molecular complexity index is 567. The molecule has 136 valence electrons. The second kappa shape index (κ2) is 7.06. The molecule has 0 radical (unpaired) electrons. The SMILES string of the molecule is CC(C)(C)c1n[nH]c([C@H]2CN(C(=O)CNCC(F)(F)F)CCO2)n1. The van der Waals surface area contributed by atoms with Gasteiger partial charge in [-0.1, -0.05) is 20.8 Å². The minimum absolute atomic E-state index is 0.222. The lowest BCUT2D eigenvalue weighted by Gasteiger charge is -2.32. The van der Waals surface area contributed by atoms with Crippen LogP contribution >= 0.6 is 0 Å². The average molecular weight is 349 g/mol. The summed E-state index contributed by atoms with van der Waals surface area (Å²) in [6.45, 7) is 5.23. The standard InChI is InChI=1S/C14H22F3N5O2/c1-13(2,3)12-19-11(20-21-12)9-7-22(4-5-24-9)10(23)6-18-8-14(15,16)17/h9,18H,4-8H2,1-3H3,(H,19,20,21)/t9-/m1/s1. The van der Waals surface area contributed by atoms with Gasteiger partial charge in [0.1, 0.15) is 6.10 Å². The van der Waals surface area contributed by atoms with Gasteiger partial charge >= 0.3 is 6.18 Å². The Morgan fingerprint density at radius 3 is 2.71 bits per heavy atom. The third kappa shape index (κ3) is 5.17. The number of alkyl halides is 3. The highest BCUT2D eigenvalue weighted by molar-refractivity contribution is 5.78. The number of ether oxygens (including phenoxy) is 1. The average Bonchev–Trinajstić information content (AvgIpc) is 2.96. The number of hydrogen-bond donors (Lipinski definition) is 2. The number of H-pyrrole nitrogens is 1. The number of carbonyl (C=O) groups is 1. The molecule has 0 unspecified atom stereocenters. The number of aromatic amines is 1. The van der Waals surface area contributed by atoms with Crippen LogP contribution in [-0.4, -0.2) is 65.0 Å². The molecule has 1 aromatic rings. The summed E-state index contributed by atoms with van der Waals surface area (Å²) in [6, 6.07) is 0. The summed E-state index contributed by atoms with van der Waals surface area (Å²) in [5.74, 6) is 0.750. The molecule has 1 aliphatic heterocycles. The first-order valence-corrected chi connectivity index (χ1v) is 7.66. The highest BCUT2D eigenvalue weighted by atomic mass is 19.4. The molecule has 0 saturated carbocycles. The molecule has 7 nitrogen and oxygen atoms in total. The van der Waals surface area contributed by atoms with E-state index in [-0.39, 0.29) is 18.5 Å². The van der Waals surface area contributed by atoms with Crippen molar-refractivity contribution in [3.05, 3.63) is 11.6 Å². The number of nitrogens with one attached hydrogen (secondary N) is 2. The van der Waals surface area contributed by atoms with E-state index < -0.39 is 24.7 Å². The van der Waals surface area contributed by atoms with Crippen LogP contribution in [0.4, 0.5) is 13.2 Å². The lowest BCUT2D eigenvalue weighted by atomic mass is 9.96. The van der Waals surface area contributed by atoms with Crippen molar-refractivity contribution >= 4 is 5.91 Å². The summed E-state index contributed by atoms with van der Waals surface area (Å²) in [7, 11) is 0. The van der Waals surface area contributed by atoms with Gasteiger partial charge in [-0.05, 0) is 0 Å². The van der Waals surface area contributed by atoms with E-state index >= 15 is 0 Å². The predicted molar refractivity (Wildman–Crippen MR) is 79.3 cm³/mol. The van der Waals surface area contributed by atoms with Gasteiger partial charge in [0.05, 0.1) is 26.2 Å². The largest absolute Gasteiger partial charge is 0.401 e. The molecule has 0 aliphatic carbocycles. The molecule has 1 atom stereocenters. The Hall–Kier alpha value is -1.68. The van der Waals surface area contributed by atoms with Crippen LogP contribution in [0.15, 0.2) is 0 Å². The fourth-order valence-corrected chi connectivity index (χ4v) is 2.22. The molecule has 1 fully saturated rings. The molecular weight excluding hydrogens is 327 g/mol. The van der Waals surface area contributed by atoms with Gasteiger partial charge in [-0.15, -0.1) is 0 Å². The van der Waals surface area contributed by atoms with Crippen molar-refractivity contribution < 1.29 is 22.7 Å². The predicted octanol–water partition coefficient (Wildman–Crippen LogP) is 1.15. The zero-order chi connectivity index (χ0) is 18.0. The maximum atomic E-state index is 12.1. The van der Waals surface area contributed by atoms with Crippen LogP contribution in [0.1, 0.15) is 38.5 Å². The Morgan fingerprint density at radius 1 is 1.42 bits per heavy atom. The first kappa shape index (κ1) is 18.7. The van der Waals surface area contributed by atoms with Crippen molar-refractivity contribution in [3.8, 4) is 0 Å². The molecule has 0 bridgehead atoms. The molecule has 1 aromatic heterocycles. The van der Waals surface area contributed by atoms with E-state index in [2.05, 4.69) is 20.5 Å². The number of hydrogen-bond acceptors (Lipinski definition) is 5. The van der Waals surface area contributed by atoms with Crippen molar-refractivity contribution in [2.75, 3.05) is 32.8 Å². The van der Waals surface area contributed by atoms with Crippen LogP contribution in [0.25, 0.3) is 0 Å². The highest BCUT2D eigenvalue weighted by Gasteiger charge is 2.30. The quantitative estimate of drug-likeness (QED) is 0.852. The molecule has 0 aromatic carbocycles. The zero-order valence-corrected chi connectivity index (χ0v) is 13.9. The number of amides is 1. The molecule has 1 aliphatic rings. The van der Waals surface area contributed by atoms with E-state index in [1.165, 1.54) is 4.90 Å². The van der Waals surface area contributed by atoms with Crippen molar-refractivity contribution in [1.29, 1.82) is 0 Å². The van der Waals surface area contributed by atoms with Crippen molar-refractivity contribution in [3.63, 3.8) is 0 Å². The van der Waals surface area contributed by atoms with Crippen molar-refractivity contribution in [2.45, 2.75) is 38.5 Å². The van der Waals surface area contributed by atoms with Crippen LogP contribution in [0, 0.1) is 0 Å². The first-order chi connectivity index (χ1) is 11.1. The lowest BCUT2D eigenvalue weighted by molar-refractivity contribution is -0.140. The molecular formula is C14H22F3N5O2. The van der Waals surface area contributed by atoms with Gasteiger partial charge in [-0.3, -0.25) is 9.89 Å². The van der Waals surface area contributed by atoms with Gasteiger partial charge in [-0.2, -0.15) is 18.3 Å². The number of rotatable bonds is 4.